The molecule has 0 aromatic heterocycles. The van der Waals surface area contributed by atoms with Crippen LogP contribution in [-0.2, 0) is 11.3 Å². The van der Waals surface area contributed by atoms with Crippen LogP contribution in [0.4, 0.5) is 13.2 Å². The number of halogens is 3. The molecule has 1 unspecified atom stereocenters. The van der Waals surface area contributed by atoms with Crippen molar-refractivity contribution in [3.05, 3.63) is 29.3 Å². The average molecular weight is 431 g/mol. The van der Waals surface area contributed by atoms with E-state index in [9.17, 15) is 13.2 Å². The number of guanidine groups is 1. The van der Waals surface area contributed by atoms with Gasteiger partial charge in [-0.15, -0.1) is 0 Å². The zero-order chi connectivity index (χ0) is 22.0. The number of likely N-dealkylation sites (N-methyl/N-ethyl adjacent to an activating group) is 1. The van der Waals surface area contributed by atoms with Crippen LogP contribution in [0.2, 0.25) is 0 Å². The Hall–Kier alpha value is -2.00. The summed E-state index contributed by atoms with van der Waals surface area (Å²) >= 11 is 0. The number of hydrogen-bond acceptors (Lipinski definition) is 4. The van der Waals surface area contributed by atoms with Crippen molar-refractivity contribution >= 4 is 5.96 Å². The Morgan fingerprint density at radius 2 is 2.13 bits per heavy atom. The van der Waals surface area contributed by atoms with Crippen molar-refractivity contribution in [1.29, 1.82) is 0 Å². The Morgan fingerprint density at radius 1 is 1.33 bits per heavy atom. The van der Waals surface area contributed by atoms with Crippen molar-refractivity contribution < 1.29 is 22.6 Å². The first-order valence-corrected chi connectivity index (χ1v) is 10.4. The van der Waals surface area contributed by atoms with Gasteiger partial charge in [0.1, 0.15) is 12.4 Å². The van der Waals surface area contributed by atoms with Gasteiger partial charge in [0.15, 0.2) is 5.96 Å². The topological polar surface area (TPSA) is 58.1 Å². The van der Waals surface area contributed by atoms with Crippen molar-refractivity contribution in [3.8, 4) is 5.75 Å². The molecule has 0 aliphatic carbocycles. The van der Waals surface area contributed by atoms with E-state index in [1.807, 2.05) is 32.0 Å². The Morgan fingerprint density at radius 3 is 2.80 bits per heavy atom. The summed E-state index contributed by atoms with van der Waals surface area (Å²) in [7, 11) is 1.45. The third-order valence-electron chi connectivity index (χ3n) is 4.66. The van der Waals surface area contributed by atoms with Crippen molar-refractivity contribution in [2.75, 3.05) is 46.4 Å². The van der Waals surface area contributed by atoms with Gasteiger partial charge in [0.2, 0.25) is 0 Å². The fourth-order valence-corrected chi connectivity index (χ4v) is 3.14. The minimum absolute atomic E-state index is 0.134. The van der Waals surface area contributed by atoms with E-state index in [-0.39, 0.29) is 12.6 Å². The Balaban J connectivity index is 1.92. The Kier molecular flexibility index (Phi) is 9.71. The summed E-state index contributed by atoms with van der Waals surface area (Å²) in [4.78, 5) is 5.80. The lowest BCUT2D eigenvalue weighted by Gasteiger charge is -2.19. The van der Waals surface area contributed by atoms with Gasteiger partial charge in [0, 0.05) is 31.8 Å². The Bertz CT molecular complexity index is 677. The minimum Gasteiger partial charge on any atom is -0.491 e. The first-order valence-electron chi connectivity index (χ1n) is 10.4. The summed E-state index contributed by atoms with van der Waals surface area (Å²) in [6.45, 7) is 5.98. The summed E-state index contributed by atoms with van der Waals surface area (Å²) < 4.78 is 48.9. The molecular weight excluding hydrogens is 397 g/mol. The molecule has 6 nitrogen and oxygen atoms in total. The number of nitrogens with one attached hydrogen (secondary N) is 2. The summed E-state index contributed by atoms with van der Waals surface area (Å²) in [6.07, 6.45) is -1.99. The van der Waals surface area contributed by atoms with Gasteiger partial charge in [-0.3, -0.25) is 4.90 Å². The normalized spacial score (nSPS) is 17.4. The molecule has 2 N–H and O–H groups in total. The predicted molar refractivity (Wildman–Crippen MR) is 112 cm³/mol. The molecule has 9 heteroatoms. The molecule has 170 valence electrons. The summed E-state index contributed by atoms with van der Waals surface area (Å²) in [5.74, 6) is 1.35. The molecule has 0 saturated carbocycles. The van der Waals surface area contributed by atoms with Crippen molar-refractivity contribution in [2.45, 2.75) is 45.5 Å². The summed E-state index contributed by atoms with van der Waals surface area (Å²) in [5, 5.41) is 6.20. The fraction of sp³-hybridized carbons (Fsp3) is 0.667. The number of hydrogen-bond donors (Lipinski definition) is 2. The maximum absolute atomic E-state index is 12.4. The van der Waals surface area contributed by atoms with Gasteiger partial charge in [0.25, 0.3) is 0 Å². The molecule has 1 fully saturated rings. The molecule has 2 rings (SSSR count). The van der Waals surface area contributed by atoms with E-state index in [4.69, 9.17) is 9.47 Å². The highest BCUT2D eigenvalue weighted by atomic mass is 19.4. The highest BCUT2D eigenvalue weighted by molar-refractivity contribution is 5.79. The molecule has 1 heterocycles. The molecule has 1 aromatic rings. The van der Waals surface area contributed by atoms with Crippen LogP contribution >= 0.6 is 0 Å². The predicted octanol–water partition coefficient (Wildman–Crippen LogP) is 3.10. The van der Waals surface area contributed by atoms with E-state index in [0.29, 0.717) is 32.2 Å². The second-order valence-corrected chi connectivity index (χ2v) is 7.53. The quantitative estimate of drug-likeness (QED) is 0.441. The van der Waals surface area contributed by atoms with Crippen molar-refractivity contribution in [1.82, 2.24) is 15.5 Å². The molecule has 0 radical (unpaired) electrons. The lowest BCUT2D eigenvalue weighted by atomic mass is 10.1. The zero-order valence-electron chi connectivity index (χ0n) is 18.0. The van der Waals surface area contributed by atoms with Gasteiger partial charge in [-0.1, -0.05) is 12.1 Å². The molecule has 30 heavy (non-hydrogen) atoms. The second-order valence-electron chi connectivity index (χ2n) is 7.53. The fourth-order valence-electron chi connectivity index (χ4n) is 3.14. The molecule has 1 aromatic carbocycles. The lowest BCUT2D eigenvalue weighted by Crippen LogP contribution is -2.42. The van der Waals surface area contributed by atoms with E-state index in [1.165, 1.54) is 11.9 Å². The van der Waals surface area contributed by atoms with Crippen LogP contribution in [0.1, 0.15) is 30.9 Å². The smallest absolute Gasteiger partial charge is 0.401 e. The first kappa shape index (κ1) is 24.3. The maximum atomic E-state index is 12.4. The molecule has 1 atom stereocenters. The van der Waals surface area contributed by atoms with Gasteiger partial charge in [-0.2, -0.15) is 13.2 Å². The SMILES string of the molecule is CCNC(=NCc1ccc(C)cc1OCC1CCCO1)NCCN(C)CC(F)(F)F. The van der Waals surface area contributed by atoms with Crippen LogP contribution in [-0.4, -0.2) is 69.6 Å². The van der Waals surface area contributed by atoms with Crippen LogP contribution in [0.5, 0.6) is 5.75 Å². The third-order valence-corrected chi connectivity index (χ3v) is 4.66. The van der Waals surface area contributed by atoms with Crippen LogP contribution < -0.4 is 15.4 Å². The van der Waals surface area contributed by atoms with E-state index < -0.39 is 12.7 Å². The monoisotopic (exact) mass is 430 g/mol. The van der Waals surface area contributed by atoms with Crippen LogP contribution in [0.25, 0.3) is 0 Å². The summed E-state index contributed by atoms with van der Waals surface area (Å²) in [6, 6.07) is 5.99. The third kappa shape index (κ3) is 9.21. The first-order chi connectivity index (χ1) is 14.3. The van der Waals surface area contributed by atoms with E-state index >= 15 is 0 Å². The molecule has 1 saturated heterocycles. The second kappa shape index (κ2) is 12.0. The summed E-state index contributed by atoms with van der Waals surface area (Å²) in [5.41, 5.74) is 2.05. The van der Waals surface area contributed by atoms with Gasteiger partial charge < -0.3 is 20.1 Å². The Labute approximate surface area is 176 Å². The van der Waals surface area contributed by atoms with Crippen molar-refractivity contribution in [3.63, 3.8) is 0 Å². The molecule has 0 bridgehead atoms. The van der Waals surface area contributed by atoms with Gasteiger partial charge in [-0.25, -0.2) is 4.99 Å². The number of aryl methyl sites for hydroxylation is 1. The van der Waals surface area contributed by atoms with Crippen LogP contribution in [0.3, 0.4) is 0 Å². The molecular formula is C21H33F3N4O2. The number of benzene rings is 1. The maximum Gasteiger partial charge on any atom is 0.401 e. The van der Waals surface area contributed by atoms with Gasteiger partial charge in [-0.05, 0) is 45.4 Å². The van der Waals surface area contributed by atoms with E-state index in [0.717, 1.165) is 36.3 Å². The molecule has 0 amide bonds. The number of nitrogens with zero attached hydrogens (tertiary/aromatic N) is 2. The lowest BCUT2D eigenvalue weighted by molar-refractivity contribution is -0.142. The van der Waals surface area contributed by atoms with Crippen LogP contribution in [0, 0.1) is 6.92 Å². The number of aliphatic imine (C=N–C) groups is 1. The molecule has 1 aliphatic rings. The highest BCUT2D eigenvalue weighted by Gasteiger charge is 2.28. The zero-order valence-corrected chi connectivity index (χ0v) is 18.0. The standard InChI is InChI=1S/C21H33F3N4O2/c1-4-25-20(26-9-10-28(3)15-21(22,23)24)27-13-17-8-7-16(2)12-19(17)30-14-18-6-5-11-29-18/h7-8,12,18H,4-6,9-11,13-15H2,1-3H3,(H2,25,26,27). The largest absolute Gasteiger partial charge is 0.491 e. The number of ether oxygens (including phenoxy) is 2. The number of alkyl halides is 3. The molecule has 0 spiro atoms. The minimum atomic E-state index is -4.20. The van der Waals surface area contributed by atoms with Gasteiger partial charge >= 0.3 is 6.18 Å². The van der Waals surface area contributed by atoms with E-state index in [1.54, 1.807) is 0 Å². The van der Waals surface area contributed by atoms with E-state index in [2.05, 4.69) is 15.6 Å². The highest BCUT2D eigenvalue weighted by Crippen LogP contribution is 2.23. The van der Waals surface area contributed by atoms with Gasteiger partial charge in [0.05, 0.1) is 19.2 Å². The number of rotatable bonds is 10. The van der Waals surface area contributed by atoms with Crippen molar-refractivity contribution in [2.24, 2.45) is 4.99 Å². The molecule has 1 aliphatic heterocycles. The van der Waals surface area contributed by atoms with Crippen LogP contribution in [0.15, 0.2) is 23.2 Å². The average Bonchev–Trinajstić information content (AvgIpc) is 3.17.